The SMILES string of the molecule is C=CCO[C@H]1CC[C@]2(C)[C@H]3CC[C@@H]4[C@H]5[C@H](C(=C)C)CC[C@]5(CCS[C@@H]5O[C@H](COC(=O)c6ccccc6)[C@H](OC(=O)c6ccccc6)[C@@H](OC(=O)c6ccccc6)[C@@H]5OC(=O)c5ccccc5)CC[C@@]4(C)[C@]3(C)CC[C@H]2C1(C)C. The molecule has 420 valence electrons. The lowest BCUT2D eigenvalue weighted by Gasteiger charge is -2.73. The van der Waals surface area contributed by atoms with Crippen LogP contribution in [0.4, 0.5) is 0 Å². The molecular weight excluding hydrogens is 1010 g/mol. The standard InChI is InChI=1S/C68H82O10S/c1-9-41-73-54-34-35-65(6)52(64(54,4)5)33-36-67(8)53(65)31-30-50-55-49(44(2)3)32-37-68(55,39-38-66(50,67)7)40-42-79-63-58(78-62(72)48-28-20-13-21-29-48)57(77-61(71)47-26-18-12-19-27-47)56(76-60(70)46-24-16-11-17-25-46)51(75-63)43-74-59(69)45-22-14-10-15-23-45/h9-29,49-58,63H,1-2,30-43H2,3-8H3/t49-,50+,51+,52-,53+,54-,55+,56-,57+,58-,63-,65-,66+,67+,68+/m0/s1. The van der Waals surface area contributed by atoms with E-state index >= 15 is 0 Å². The van der Waals surface area contributed by atoms with Gasteiger partial charge in [0.2, 0.25) is 0 Å². The number of hydrogen-bond donors (Lipinski definition) is 0. The van der Waals surface area contributed by atoms with Crippen molar-refractivity contribution >= 4 is 35.6 Å². The van der Waals surface area contributed by atoms with E-state index < -0.39 is 53.7 Å². The maximum Gasteiger partial charge on any atom is 0.338 e. The molecule has 4 aromatic carbocycles. The quantitative estimate of drug-likeness (QED) is 0.0570. The van der Waals surface area contributed by atoms with Crippen molar-refractivity contribution < 1.29 is 47.6 Å². The Morgan fingerprint density at radius 1 is 0.608 bits per heavy atom. The maximum absolute atomic E-state index is 14.4. The van der Waals surface area contributed by atoms with E-state index in [1.807, 2.05) is 18.2 Å². The van der Waals surface area contributed by atoms with Gasteiger partial charge in [0.1, 0.15) is 18.1 Å². The molecule has 0 unspecified atom stereocenters. The normalized spacial score (nSPS) is 35.2. The first-order valence-electron chi connectivity index (χ1n) is 29.1. The Kier molecular flexibility index (Phi) is 16.6. The van der Waals surface area contributed by atoms with Crippen molar-refractivity contribution in [2.75, 3.05) is 19.0 Å². The van der Waals surface area contributed by atoms with Gasteiger partial charge in [-0.1, -0.05) is 126 Å². The van der Waals surface area contributed by atoms with Crippen LogP contribution in [0.5, 0.6) is 0 Å². The third kappa shape index (κ3) is 10.7. The number of thioether (sulfide) groups is 1. The predicted octanol–water partition coefficient (Wildman–Crippen LogP) is 14.6. The van der Waals surface area contributed by atoms with Gasteiger partial charge in [-0.3, -0.25) is 0 Å². The molecule has 0 spiro atoms. The third-order valence-corrected chi connectivity index (χ3v) is 22.4. The molecule has 0 N–H and O–H groups in total. The molecule has 15 atom stereocenters. The van der Waals surface area contributed by atoms with Gasteiger partial charge in [-0.05, 0) is 189 Å². The molecule has 0 radical (unpaired) electrons. The third-order valence-electron chi connectivity index (χ3n) is 21.2. The summed E-state index contributed by atoms with van der Waals surface area (Å²) < 4.78 is 38.9. The van der Waals surface area contributed by atoms with Crippen LogP contribution in [-0.4, -0.2) is 78.8 Å². The van der Waals surface area contributed by atoms with Crippen LogP contribution in [0.25, 0.3) is 0 Å². The van der Waals surface area contributed by atoms with Crippen molar-refractivity contribution in [3.05, 3.63) is 168 Å². The summed E-state index contributed by atoms with van der Waals surface area (Å²) in [6.07, 6.45) is 9.53. The minimum atomic E-state index is -1.39. The Morgan fingerprint density at radius 3 is 1.71 bits per heavy atom. The molecule has 6 fully saturated rings. The van der Waals surface area contributed by atoms with Crippen LogP contribution in [0.2, 0.25) is 0 Å². The second-order valence-corrected chi connectivity index (χ2v) is 26.6. The lowest BCUT2D eigenvalue weighted by Crippen LogP contribution is -2.66. The summed E-state index contributed by atoms with van der Waals surface area (Å²) in [6, 6.07) is 34.3. The van der Waals surface area contributed by atoms with Gasteiger partial charge in [0.05, 0.1) is 35.0 Å². The van der Waals surface area contributed by atoms with Gasteiger partial charge >= 0.3 is 23.9 Å². The number of carbonyl (C=O) groups is 4. The zero-order valence-corrected chi connectivity index (χ0v) is 48.1. The monoisotopic (exact) mass is 1090 g/mol. The second kappa shape index (κ2) is 23.2. The summed E-state index contributed by atoms with van der Waals surface area (Å²) in [5, 5.41) is 0. The zero-order valence-electron chi connectivity index (χ0n) is 47.3. The van der Waals surface area contributed by atoms with Crippen molar-refractivity contribution in [2.45, 2.75) is 148 Å². The minimum Gasteiger partial charge on any atom is -0.459 e. The van der Waals surface area contributed by atoms with Gasteiger partial charge in [0.15, 0.2) is 18.3 Å². The molecule has 4 aromatic rings. The van der Waals surface area contributed by atoms with Gasteiger partial charge < -0.3 is 28.4 Å². The Balaban J connectivity index is 0.967. The van der Waals surface area contributed by atoms with Crippen molar-refractivity contribution in [3.63, 3.8) is 0 Å². The van der Waals surface area contributed by atoms with Crippen molar-refractivity contribution in [1.82, 2.24) is 0 Å². The fourth-order valence-electron chi connectivity index (χ4n) is 17.2. The van der Waals surface area contributed by atoms with Crippen molar-refractivity contribution in [1.29, 1.82) is 0 Å². The first-order chi connectivity index (χ1) is 37.9. The molecule has 10 rings (SSSR count). The van der Waals surface area contributed by atoms with Crippen molar-refractivity contribution in [2.24, 2.45) is 56.7 Å². The Labute approximate surface area is 473 Å². The molecule has 1 aliphatic heterocycles. The molecule has 10 nitrogen and oxygen atoms in total. The highest BCUT2D eigenvalue weighted by Gasteiger charge is 2.71. The van der Waals surface area contributed by atoms with Crippen LogP contribution >= 0.6 is 11.8 Å². The summed E-state index contributed by atoms with van der Waals surface area (Å²) >= 11 is 1.52. The average molecular weight is 1090 g/mol. The van der Waals surface area contributed by atoms with Crippen LogP contribution in [0, 0.1) is 56.7 Å². The molecule has 5 aliphatic carbocycles. The van der Waals surface area contributed by atoms with E-state index in [-0.39, 0.29) is 50.9 Å². The Hall–Kier alpha value is -5.49. The van der Waals surface area contributed by atoms with Crippen LogP contribution in [-0.2, 0) is 28.4 Å². The molecule has 11 heteroatoms. The Morgan fingerprint density at radius 2 is 1.15 bits per heavy atom. The van der Waals surface area contributed by atoms with Crippen LogP contribution in [0.3, 0.4) is 0 Å². The molecule has 1 heterocycles. The van der Waals surface area contributed by atoms with Gasteiger partial charge in [-0.25, -0.2) is 19.2 Å². The zero-order chi connectivity index (χ0) is 55.7. The van der Waals surface area contributed by atoms with Gasteiger partial charge in [-0.2, -0.15) is 0 Å². The molecule has 0 amide bonds. The van der Waals surface area contributed by atoms with E-state index in [2.05, 4.69) is 48.1 Å². The average Bonchev–Trinajstić information content (AvgIpc) is 3.20. The molecule has 0 aromatic heterocycles. The minimum absolute atomic E-state index is 0.0378. The van der Waals surface area contributed by atoms with Gasteiger partial charge in [0.25, 0.3) is 0 Å². The molecule has 0 bridgehead atoms. The summed E-state index contributed by atoms with van der Waals surface area (Å²) in [5.74, 6) is 0.587. The highest BCUT2D eigenvalue weighted by Crippen LogP contribution is 2.78. The van der Waals surface area contributed by atoms with E-state index in [1.54, 1.807) is 109 Å². The number of esters is 4. The van der Waals surface area contributed by atoms with E-state index in [4.69, 9.17) is 35.0 Å². The molecule has 1 saturated heterocycles. The second-order valence-electron chi connectivity index (χ2n) is 25.4. The number of carbonyl (C=O) groups excluding carboxylic acids is 4. The van der Waals surface area contributed by atoms with Crippen LogP contribution in [0.1, 0.15) is 154 Å². The summed E-state index contributed by atoms with van der Waals surface area (Å²) in [4.78, 5) is 56.6. The van der Waals surface area contributed by atoms with Gasteiger partial charge in [-0.15, -0.1) is 18.3 Å². The summed E-state index contributed by atoms with van der Waals surface area (Å²) in [5.41, 5.74) is 2.15. The molecule has 6 aliphatic rings. The van der Waals surface area contributed by atoms with E-state index in [0.717, 1.165) is 32.1 Å². The molecular formula is C68H82O10S. The first-order valence-corrected chi connectivity index (χ1v) is 30.1. The van der Waals surface area contributed by atoms with Crippen LogP contribution < -0.4 is 0 Å². The lowest BCUT2D eigenvalue weighted by molar-refractivity contribution is -0.250. The summed E-state index contributed by atoms with van der Waals surface area (Å²) in [7, 11) is 0. The fourth-order valence-corrected chi connectivity index (χ4v) is 18.6. The number of allylic oxidation sites excluding steroid dienone is 1. The largest absolute Gasteiger partial charge is 0.459 e. The predicted molar refractivity (Wildman–Crippen MR) is 308 cm³/mol. The molecule has 79 heavy (non-hydrogen) atoms. The number of benzene rings is 4. The lowest BCUT2D eigenvalue weighted by atomic mass is 9.32. The van der Waals surface area contributed by atoms with Crippen LogP contribution in [0.15, 0.2) is 146 Å². The highest BCUT2D eigenvalue weighted by molar-refractivity contribution is 7.99. The fraction of sp³-hybridized carbons (Fsp3) is 0.529. The maximum atomic E-state index is 14.4. The van der Waals surface area contributed by atoms with Crippen molar-refractivity contribution in [3.8, 4) is 0 Å². The first kappa shape index (κ1) is 56.8. The topological polar surface area (TPSA) is 124 Å². The van der Waals surface area contributed by atoms with E-state index in [1.165, 1.54) is 55.9 Å². The highest BCUT2D eigenvalue weighted by atomic mass is 32.2. The van der Waals surface area contributed by atoms with E-state index in [0.29, 0.717) is 53.1 Å². The summed E-state index contributed by atoms with van der Waals surface area (Å²) in [6.45, 7) is 24.2. The number of rotatable bonds is 17. The van der Waals surface area contributed by atoms with Gasteiger partial charge in [0, 0.05) is 0 Å². The number of fused-ring (bicyclic) bond motifs is 7. The smallest absolute Gasteiger partial charge is 0.338 e. The number of hydrogen-bond acceptors (Lipinski definition) is 11. The number of ether oxygens (including phenoxy) is 6. The Bertz CT molecular complexity index is 2820. The molecule has 5 saturated carbocycles. The van der Waals surface area contributed by atoms with E-state index in [9.17, 15) is 19.2 Å².